The molecule has 162 valence electrons. The van der Waals surface area contributed by atoms with Crippen LogP contribution < -0.4 is 10.2 Å². The minimum atomic E-state index is -0.320. The zero-order chi connectivity index (χ0) is 22.0. The number of rotatable bonds is 4. The lowest BCUT2D eigenvalue weighted by molar-refractivity contribution is -0.138. The van der Waals surface area contributed by atoms with Crippen molar-refractivity contribution in [1.82, 2.24) is 4.90 Å². The van der Waals surface area contributed by atoms with Gasteiger partial charge >= 0.3 is 0 Å². The summed E-state index contributed by atoms with van der Waals surface area (Å²) in [6, 6.07) is 15.3. The lowest BCUT2D eigenvalue weighted by atomic mass is 9.94. The van der Waals surface area contributed by atoms with Gasteiger partial charge in [0, 0.05) is 42.1 Å². The highest BCUT2D eigenvalue weighted by Gasteiger charge is 2.38. The molecule has 0 spiro atoms. The van der Waals surface area contributed by atoms with Crippen molar-refractivity contribution in [1.29, 1.82) is 0 Å². The normalized spacial score (nSPS) is 19.5. The van der Waals surface area contributed by atoms with Gasteiger partial charge in [-0.2, -0.15) is 0 Å². The summed E-state index contributed by atoms with van der Waals surface area (Å²) in [5, 5.41) is 2.97. The maximum atomic E-state index is 13.0. The number of nitrogens with zero attached hydrogens (tertiary/aromatic N) is 2. The minimum Gasteiger partial charge on any atom is -0.342 e. The van der Waals surface area contributed by atoms with Gasteiger partial charge < -0.3 is 15.1 Å². The molecule has 2 aromatic carbocycles. The SMILES string of the molecule is Cc1ccc(N2C[C@H](C(=O)N3CCC(C(=O)Nc4ccccc4Br)CC3)CC2=O)cc1. The first-order valence-corrected chi connectivity index (χ1v) is 11.4. The Hall–Kier alpha value is -2.67. The fourth-order valence-electron chi connectivity index (χ4n) is 4.26. The number of likely N-dealkylation sites (tertiary alicyclic amines) is 1. The van der Waals surface area contributed by atoms with Crippen LogP contribution in [0.25, 0.3) is 0 Å². The lowest BCUT2D eigenvalue weighted by Gasteiger charge is -2.33. The Labute approximate surface area is 190 Å². The van der Waals surface area contributed by atoms with Crippen molar-refractivity contribution in [3.05, 3.63) is 58.6 Å². The average Bonchev–Trinajstić information content (AvgIpc) is 3.17. The molecule has 7 heteroatoms. The molecule has 0 aliphatic carbocycles. The second-order valence-electron chi connectivity index (χ2n) is 8.31. The monoisotopic (exact) mass is 483 g/mol. The van der Waals surface area contributed by atoms with Gasteiger partial charge in [0.2, 0.25) is 17.7 Å². The number of hydrogen-bond donors (Lipinski definition) is 1. The van der Waals surface area contributed by atoms with E-state index in [-0.39, 0.29) is 36.0 Å². The van der Waals surface area contributed by atoms with Gasteiger partial charge in [-0.15, -0.1) is 0 Å². The van der Waals surface area contributed by atoms with Gasteiger partial charge in [0.25, 0.3) is 0 Å². The molecule has 1 N–H and O–H groups in total. The molecule has 0 saturated carbocycles. The van der Waals surface area contributed by atoms with Crippen LogP contribution in [0.4, 0.5) is 11.4 Å². The maximum Gasteiger partial charge on any atom is 0.228 e. The minimum absolute atomic E-state index is 0.00935. The summed E-state index contributed by atoms with van der Waals surface area (Å²) in [6.07, 6.45) is 1.50. The van der Waals surface area contributed by atoms with Crippen LogP contribution in [-0.4, -0.2) is 42.3 Å². The number of nitrogens with one attached hydrogen (secondary N) is 1. The number of hydrogen-bond acceptors (Lipinski definition) is 3. The highest BCUT2D eigenvalue weighted by atomic mass is 79.9. The fourth-order valence-corrected chi connectivity index (χ4v) is 4.65. The Morgan fingerprint density at radius 3 is 2.35 bits per heavy atom. The van der Waals surface area contributed by atoms with E-state index in [0.717, 1.165) is 21.4 Å². The smallest absolute Gasteiger partial charge is 0.228 e. The van der Waals surface area contributed by atoms with E-state index in [1.807, 2.05) is 60.4 Å². The summed E-state index contributed by atoms with van der Waals surface area (Å²) in [6.45, 7) is 3.51. The molecule has 0 aromatic heterocycles. The Balaban J connectivity index is 1.31. The van der Waals surface area contributed by atoms with Gasteiger partial charge in [-0.05, 0) is 60.0 Å². The number of anilines is 2. The number of carbonyl (C=O) groups excluding carboxylic acids is 3. The molecule has 1 atom stereocenters. The van der Waals surface area contributed by atoms with Crippen LogP contribution in [0, 0.1) is 18.8 Å². The molecule has 0 radical (unpaired) electrons. The molecule has 2 aliphatic heterocycles. The molecule has 2 fully saturated rings. The highest BCUT2D eigenvalue weighted by Crippen LogP contribution is 2.29. The molecule has 2 saturated heterocycles. The van der Waals surface area contributed by atoms with Crippen LogP contribution in [0.2, 0.25) is 0 Å². The number of amides is 3. The molecule has 31 heavy (non-hydrogen) atoms. The van der Waals surface area contributed by atoms with E-state index < -0.39 is 0 Å². The third-order valence-electron chi connectivity index (χ3n) is 6.13. The van der Waals surface area contributed by atoms with Crippen LogP contribution in [0.3, 0.4) is 0 Å². The molecule has 3 amide bonds. The summed E-state index contributed by atoms with van der Waals surface area (Å²) >= 11 is 3.45. The van der Waals surface area contributed by atoms with Crippen molar-refractivity contribution in [2.75, 3.05) is 29.9 Å². The van der Waals surface area contributed by atoms with Crippen LogP contribution in [0.1, 0.15) is 24.8 Å². The number of piperidine rings is 1. The van der Waals surface area contributed by atoms with Gasteiger partial charge in [0.05, 0.1) is 11.6 Å². The third-order valence-corrected chi connectivity index (χ3v) is 6.82. The molecular weight excluding hydrogens is 458 g/mol. The first-order chi connectivity index (χ1) is 14.9. The quantitative estimate of drug-likeness (QED) is 0.714. The number of benzene rings is 2. The number of aryl methyl sites for hydroxylation is 1. The highest BCUT2D eigenvalue weighted by molar-refractivity contribution is 9.10. The van der Waals surface area contributed by atoms with Crippen LogP contribution in [-0.2, 0) is 14.4 Å². The predicted molar refractivity (Wildman–Crippen MR) is 124 cm³/mol. The number of halogens is 1. The zero-order valence-corrected chi connectivity index (χ0v) is 19.1. The van der Waals surface area contributed by atoms with Crippen LogP contribution in [0.15, 0.2) is 53.0 Å². The van der Waals surface area contributed by atoms with Gasteiger partial charge in [-0.25, -0.2) is 0 Å². The molecule has 2 aliphatic rings. The van der Waals surface area contributed by atoms with E-state index >= 15 is 0 Å². The number of para-hydroxylation sites is 1. The largest absolute Gasteiger partial charge is 0.342 e. The molecule has 2 heterocycles. The predicted octanol–water partition coefficient (Wildman–Crippen LogP) is 3.99. The zero-order valence-electron chi connectivity index (χ0n) is 17.5. The van der Waals surface area contributed by atoms with E-state index in [0.29, 0.717) is 32.5 Å². The maximum absolute atomic E-state index is 13.0. The molecule has 0 unspecified atom stereocenters. The summed E-state index contributed by atoms with van der Waals surface area (Å²) in [5.74, 6) is -0.442. The summed E-state index contributed by atoms with van der Waals surface area (Å²) in [7, 11) is 0. The van der Waals surface area contributed by atoms with E-state index in [9.17, 15) is 14.4 Å². The summed E-state index contributed by atoms with van der Waals surface area (Å²) < 4.78 is 0.847. The van der Waals surface area contributed by atoms with Crippen molar-refractivity contribution in [3.63, 3.8) is 0 Å². The van der Waals surface area contributed by atoms with E-state index in [2.05, 4.69) is 21.2 Å². The van der Waals surface area contributed by atoms with Crippen LogP contribution in [0.5, 0.6) is 0 Å². The Morgan fingerprint density at radius 2 is 1.68 bits per heavy atom. The van der Waals surface area contributed by atoms with Gasteiger partial charge in [0.15, 0.2) is 0 Å². The molecule has 2 aromatic rings. The summed E-state index contributed by atoms with van der Waals surface area (Å²) in [4.78, 5) is 41.7. The van der Waals surface area contributed by atoms with Crippen molar-refractivity contribution >= 4 is 45.0 Å². The van der Waals surface area contributed by atoms with Crippen LogP contribution >= 0.6 is 15.9 Å². The van der Waals surface area contributed by atoms with Crippen molar-refractivity contribution in [2.24, 2.45) is 11.8 Å². The number of carbonyl (C=O) groups is 3. The molecule has 0 bridgehead atoms. The third kappa shape index (κ3) is 4.82. The second kappa shape index (κ2) is 9.22. The first kappa shape index (κ1) is 21.6. The topological polar surface area (TPSA) is 69.7 Å². The molecular formula is C24H26BrN3O3. The standard InChI is InChI=1S/C24H26BrN3O3/c1-16-6-8-19(9-7-16)28-15-18(14-22(28)29)24(31)27-12-10-17(11-13-27)23(30)26-21-5-3-2-4-20(21)25/h2-9,17-18H,10-15H2,1H3,(H,26,30)/t18-/m1/s1. The Kier molecular flexibility index (Phi) is 6.41. The molecule has 6 nitrogen and oxygen atoms in total. The average molecular weight is 484 g/mol. The fraction of sp³-hybridized carbons (Fsp3) is 0.375. The van der Waals surface area contributed by atoms with E-state index in [1.54, 1.807) is 4.90 Å². The van der Waals surface area contributed by atoms with Gasteiger partial charge in [-0.3, -0.25) is 14.4 Å². The van der Waals surface area contributed by atoms with Crippen molar-refractivity contribution in [2.45, 2.75) is 26.2 Å². The summed E-state index contributed by atoms with van der Waals surface area (Å²) in [5.41, 5.74) is 2.73. The molecule has 4 rings (SSSR count). The van der Waals surface area contributed by atoms with Crippen molar-refractivity contribution < 1.29 is 14.4 Å². The van der Waals surface area contributed by atoms with E-state index in [1.165, 1.54) is 0 Å². The van der Waals surface area contributed by atoms with Gasteiger partial charge in [-0.1, -0.05) is 29.8 Å². The lowest BCUT2D eigenvalue weighted by Crippen LogP contribution is -2.44. The Bertz CT molecular complexity index is 984. The van der Waals surface area contributed by atoms with Crippen molar-refractivity contribution in [3.8, 4) is 0 Å². The first-order valence-electron chi connectivity index (χ1n) is 10.6. The second-order valence-corrected chi connectivity index (χ2v) is 9.16. The van der Waals surface area contributed by atoms with Gasteiger partial charge in [0.1, 0.15) is 0 Å². The Morgan fingerprint density at radius 1 is 1.00 bits per heavy atom. The van der Waals surface area contributed by atoms with E-state index in [4.69, 9.17) is 0 Å².